The van der Waals surface area contributed by atoms with Crippen LogP contribution in [0, 0.1) is 5.92 Å². The van der Waals surface area contributed by atoms with E-state index in [2.05, 4.69) is 58.5 Å². The Morgan fingerprint density at radius 3 is 2.62 bits per heavy atom. The van der Waals surface area contributed by atoms with Crippen LogP contribution in [0.4, 0.5) is 0 Å². The summed E-state index contributed by atoms with van der Waals surface area (Å²) in [5.74, 6) is 0.935. The predicted molar refractivity (Wildman–Crippen MR) is 124 cm³/mol. The molecule has 0 radical (unpaired) electrons. The van der Waals surface area contributed by atoms with Gasteiger partial charge in [-0.05, 0) is 41.7 Å². The number of H-pyrrole nitrogens is 1. The number of benzene rings is 1. The highest BCUT2D eigenvalue weighted by Gasteiger charge is 2.14. The van der Waals surface area contributed by atoms with Crippen molar-refractivity contribution in [2.45, 2.75) is 53.1 Å². The monoisotopic (exact) mass is 431 g/mol. The molecule has 0 saturated carbocycles. The first-order valence-corrected chi connectivity index (χ1v) is 11.1. The summed E-state index contributed by atoms with van der Waals surface area (Å²) in [6.07, 6.45) is 6.88. The second-order valence-corrected chi connectivity index (χ2v) is 8.47. The molecule has 8 heteroatoms. The van der Waals surface area contributed by atoms with E-state index < -0.39 is 0 Å². The van der Waals surface area contributed by atoms with E-state index in [1.807, 2.05) is 39.6 Å². The average molecular weight is 432 g/mol. The highest BCUT2D eigenvalue weighted by molar-refractivity contribution is 5.76. The number of hydrogen-bond acceptors (Lipinski definition) is 5. The van der Waals surface area contributed by atoms with E-state index >= 15 is 0 Å². The van der Waals surface area contributed by atoms with Crippen molar-refractivity contribution in [3.63, 3.8) is 0 Å². The molecule has 0 spiro atoms. The molecule has 1 aromatic carbocycles. The zero-order valence-corrected chi connectivity index (χ0v) is 18.8. The zero-order chi connectivity index (χ0) is 22.5. The minimum absolute atomic E-state index is 0.0676. The van der Waals surface area contributed by atoms with Crippen molar-refractivity contribution in [2.75, 3.05) is 0 Å². The molecule has 0 aliphatic carbocycles. The first-order valence-electron chi connectivity index (χ1n) is 11.1. The summed E-state index contributed by atoms with van der Waals surface area (Å²) < 4.78 is 3.77. The molecule has 0 atom stereocenters. The van der Waals surface area contributed by atoms with E-state index in [9.17, 15) is 4.79 Å². The smallest absolute Gasteiger partial charge is 0.299 e. The molecular formula is C24H29N7O. The van der Waals surface area contributed by atoms with Crippen LogP contribution >= 0.6 is 0 Å². The third-order valence-corrected chi connectivity index (χ3v) is 5.44. The van der Waals surface area contributed by atoms with Crippen LogP contribution in [0.5, 0.6) is 0 Å². The Kier molecular flexibility index (Phi) is 6.58. The second-order valence-electron chi connectivity index (χ2n) is 8.47. The van der Waals surface area contributed by atoms with Gasteiger partial charge in [-0.15, -0.1) is 10.2 Å². The fourth-order valence-electron chi connectivity index (χ4n) is 3.88. The first-order chi connectivity index (χ1) is 15.6. The summed E-state index contributed by atoms with van der Waals surface area (Å²) in [7, 11) is 0. The van der Waals surface area contributed by atoms with Gasteiger partial charge in [-0.25, -0.2) is 4.79 Å². The lowest BCUT2D eigenvalue weighted by Gasteiger charge is -2.09. The Balaban J connectivity index is 1.62. The molecule has 0 unspecified atom stereocenters. The van der Waals surface area contributed by atoms with Gasteiger partial charge in [-0.1, -0.05) is 51.5 Å². The van der Waals surface area contributed by atoms with Gasteiger partial charge >= 0.3 is 5.69 Å². The van der Waals surface area contributed by atoms with Crippen molar-refractivity contribution in [3.05, 3.63) is 70.5 Å². The number of nitrogens with one attached hydrogen (secondary N) is 1. The topological polar surface area (TPSA) is 94.3 Å². The zero-order valence-electron chi connectivity index (χ0n) is 18.8. The highest BCUT2D eigenvalue weighted by Crippen LogP contribution is 2.27. The van der Waals surface area contributed by atoms with Crippen molar-refractivity contribution in [3.8, 4) is 22.6 Å². The Bertz CT molecular complexity index is 1200. The number of rotatable bonds is 9. The molecule has 1 N–H and O–H groups in total. The van der Waals surface area contributed by atoms with Gasteiger partial charge in [0.25, 0.3) is 0 Å². The normalized spacial score (nSPS) is 11.4. The molecule has 166 valence electrons. The van der Waals surface area contributed by atoms with Gasteiger partial charge in [-0.3, -0.25) is 14.1 Å². The lowest BCUT2D eigenvalue weighted by atomic mass is 10.0. The van der Waals surface area contributed by atoms with Crippen LogP contribution in [0.25, 0.3) is 22.6 Å². The third-order valence-electron chi connectivity index (χ3n) is 5.44. The second kappa shape index (κ2) is 9.72. The number of imidazole rings is 1. The molecule has 4 aromatic rings. The number of hydrogen-bond donors (Lipinski definition) is 1. The Labute approximate surface area is 187 Å². The summed E-state index contributed by atoms with van der Waals surface area (Å²) in [6.45, 7) is 7.74. The van der Waals surface area contributed by atoms with E-state index in [4.69, 9.17) is 0 Å². The van der Waals surface area contributed by atoms with Crippen LogP contribution in [-0.2, 0) is 19.5 Å². The molecule has 0 aliphatic rings. The molecule has 4 rings (SSSR count). The fourth-order valence-corrected chi connectivity index (χ4v) is 3.88. The summed E-state index contributed by atoms with van der Waals surface area (Å²) in [4.78, 5) is 17.6. The van der Waals surface area contributed by atoms with E-state index in [0.717, 1.165) is 53.9 Å². The van der Waals surface area contributed by atoms with Crippen molar-refractivity contribution in [2.24, 2.45) is 5.92 Å². The summed E-state index contributed by atoms with van der Waals surface area (Å²) in [6, 6.07) is 12.0. The number of aryl methyl sites for hydroxylation is 1. The SMILES string of the molecule is CCCCc1cn(CC(C)C)c(=O)n1Cc1ccc(-c2ncccc2-c2nn[nH]n2)cc1. The van der Waals surface area contributed by atoms with Crippen molar-refractivity contribution < 1.29 is 0 Å². The maximum atomic E-state index is 13.1. The molecular weight excluding hydrogens is 402 g/mol. The number of aromatic amines is 1. The van der Waals surface area contributed by atoms with Gasteiger partial charge in [0.05, 0.1) is 12.2 Å². The Morgan fingerprint density at radius 1 is 1.12 bits per heavy atom. The fraction of sp³-hybridized carbons (Fsp3) is 0.375. The molecule has 3 aromatic heterocycles. The predicted octanol–water partition coefficient (Wildman–Crippen LogP) is 3.94. The molecule has 0 aliphatic heterocycles. The highest BCUT2D eigenvalue weighted by atomic mass is 16.1. The van der Waals surface area contributed by atoms with Crippen LogP contribution in [-0.4, -0.2) is 34.7 Å². The molecule has 3 heterocycles. The molecule has 0 amide bonds. The number of unbranched alkanes of at least 4 members (excludes halogenated alkanes) is 1. The van der Waals surface area contributed by atoms with Gasteiger partial charge in [0, 0.05) is 35.8 Å². The largest absolute Gasteiger partial charge is 0.328 e. The molecule has 0 bridgehead atoms. The van der Waals surface area contributed by atoms with Crippen LogP contribution in [0.1, 0.15) is 44.9 Å². The van der Waals surface area contributed by atoms with Crippen molar-refractivity contribution in [1.29, 1.82) is 0 Å². The van der Waals surface area contributed by atoms with Gasteiger partial charge in [0.2, 0.25) is 5.82 Å². The lowest BCUT2D eigenvalue weighted by molar-refractivity contribution is 0.503. The Morgan fingerprint density at radius 2 is 1.94 bits per heavy atom. The van der Waals surface area contributed by atoms with Crippen molar-refractivity contribution in [1.82, 2.24) is 34.7 Å². The summed E-state index contributed by atoms with van der Waals surface area (Å²) in [5.41, 5.74) is 4.82. The number of aromatic nitrogens is 7. The van der Waals surface area contributed by atoms with Crippen LogP contribution in [0.2, 0.25) is 0 Å². The number of nitrogens with zero attached hydrogens (tertiary/aromatic N) is 6. The Hall–Kier alpha value is -3.55. The maximum Gasteiger partial charge on any atom is 0.328 e. The quantitative estimate of drug-likeness (QED) is 0.433. The average Bonchev–Trinajstić information content (AvgIpc) is 3.43. The standard InChI is InChI=1S/C24H29N7O/c1-4-5-7-20-16-30(14-17(2)3)24(32)31(20)15-18-9-11-19(12-10-18)22-21(8-6-13-25-22)23-26-28-29-27-23/h6,8-13,16-17H,4-5,7,14-15H2,1-3H3,(H,26,27,28,29). The van der Waals surface area contributed by atoms with Gasteiger partial charge in [-0.2, -0.15) is 5.21 Å². The van der Waals surface area contributed by atoms with Gasteiger partial charge < -0.3 is 0 Å². The van der Waals surface area contributed by atoms with E-state index in [-0.39, 0.29) is 5.69 Å². The van der Waals surface area contributed by atoms with E-state index in [1.54, 1.807) is 6.20 Å². The molecule has 32 heavy (non-hydrogen) atoms. The molecule has 0 fully saturated rings. The van der Waals surface area contributed by atoms with Crippen LogP contribution in [0.3, 0.4) is 0 Å². The van der Waals surface area contributed by atoms with E-state index in [1.165, 1.54) is 0 Å². The minimum atomic E-state index is 0.0676. The lowest BCUT2D eigenvalue weighted by Crippen LogP contribution is -2.26. The number of tetrazole rings is 1. The van der Waals surface area contributed by atoms with Crippen molar-refractivity contribution >= 4 is 0 Å². The van der Waals surface area contributed by atoms with Gasteiger partial charge in [0.15, 0.2) is 0 Å². The molecule has 0 saturated heterocycles. The molecule has 8 nitrogen and oxygen atoms in total. The minimum Gasteiger partial charge on any atom is -0.299 e. The van der Waals surface area contributed by atoms with Crippen LogP contribution < -0.4 is 5.69 Å². The summed E-state index contributed by atoms with van der Waals surface area (Å²) in [5, 5.41) is 14.3. The third kappa shape index (κ3) is 4.69. The summed E-state index contributed by atoms with van der Waals surface area (Å²) >= 11 is 0. The van der Waals surface area contributed by atoms with Gasteiger partial charge in [0.1, 0.15) is 0 Å². The van der Waals surface area contributed by atoms with E-state index in [0.29, 0.717) is 18.3 Å². The number of pyridine rings is 1. The van der Waals surface area contributed by atoms with Crippen LogP contribution in [0.15, 0.2) is 53.6 Å². The first kappa shape index (κ1) is 21.7. The maximum absolute atomic E-state index is 13.1.